The highest BCUT2D eigenvalue weighted by atomic mass is 16.4. The molecule has 19 heavy (non-hydrogen) atoms. The van der Waals surface area contributed by atoms with Crippen LogP contribution in [0.2, 0.25) is 0 Å². The third kappa shape index (κ3) is 2.64. The Morgan fingerprint density at radius 1 is 1.37 bits per heavy atom. The van der Waals surface area contributed by atoms with E-state index >= 15 is 0 Å². The second kappa shape index (κ2) is 5.21. The van der Waals surface area contributed by atoms with Gasteiger partial charge in [-0.3, -0.25) is 4.68 Å². The number of nitrogens with zero attached hydrogens (tertiary/aromatic N) is 2. The van der Waals surface area contributed by atoms with E-state index < -0.39 is 12.1 Å². The first-order valence-electron chi connectivity index (χ1n) is 5.69. The van der Waals surface area contributed by atoms with Gasteiger partial charge in [-0.05, 0) is 17.2 Å². The van der Waals surface area contributed by atoms with Crippen LogP contribution >= 0.6 is 0 Å². The van der Waals surface area contributed by atoms with Crippen LogP contribution in [0, 0.1) is 0 Å². The molecule has 0 radical (unpaired) electrons. The van der Waals surface area contributed by atoms with Crippen LogP contribution in [0.4, 0.5) is 0 Å². The highest BCUT2D eigenvalue weighted by Gasteiger charge is 2.13. The van der Waals surface area contributed by atoms with Crippen molar-refractivity contribution >= 4 is 5.97 Å². The molecule has 100 valence electrons. The van der Waals surface area contributed by atoms with Gasteiger partial charge in [0.05, 0.1) is 12.3 Å². The second-order valence-electron chi connectivity index (χ2n) is 4.16. The van der Waals surface area contributed by atoms with Crippen molar-refractivity contribution in [2.24, 2.45) is 7.05 Å². The summed E-state index contributed by atoms with van der Waals surface area (Å²) in [6.07, 6.45) is -0.907. The number of rotatable bonds is 4. The fourth-order valence-electron chi connectivity index (χ4n) is 1.82. The SMILES string of the molecule is Cn1nc(C(=O)O)cc1-c1ccc(C(O)CO)cc1. The maximum atomic E-state index is 10.8. The van der Waals surface area contributed by atoms with Gasteiger partial charge < -0.3 is 15.3 Å². The van der Waals surface area contributed by atoms with Crippen molar-refractivity contribution in [2.75, 3.05) is 6.61 Å². The van der Waals surface area contributed by atoms with E-state index in [1.807, 2.05) is 0 Å². The zero-order chi connectivity index (χ0) is 14.0. The molecule has 1 heterocycles. The lowest BCUT2D eigenvalue weighted by Gasteiger charge is -2.08. The number of aromatic carboxylic acids is 1. The van der Waals surface area contributed by atoms with E-state index in [0.29, 0.717) is 11.3 Å². The molecule has 0 fully saturated rings. The summed E-state index contributed by atoms with van der Waals surface area (Å²) in [6.45, 7) is -0.339. The standard InChI is InChI=1S/C13H14N2O4/c1-15-11(6-10(14-15)13(18)19)8-2-4-9(5-3-8)12(17)7-16/h2-6,12,16-17H,7H2,1H3,(H,18,19). The van der Waals surface area contributed by atoms with E-state index in [1.54, 1.807) is 31.3 Å². The Morgan fingerprint density at radius 2 is 2.00 bits per heavy atom. The van der Waals surface area contributed by atoms with E-state index in [1.165, 1.54) is 10.7 Å². The predicted molar refractivity (Wildman–Crippen MR) is 67.6 cm³/mol. The molecule has 1 aromatic carbocycles. The summed E-state index contributed by atoms with van der Waals surface area (Å²) in [6, 6.07) is 8.35. The average Bonchev–Trinajstić information content (AvgIpc) is 2.80. The van der Waals surface area contributed by atoms with Crippen molar-refractivity contribution in [1.82, 2.24) is 9.78 Å². The number of aromatic nitrogens is 2. The Hall–Kier alpha value is -2.18. The maximum Gasteiger partial charge on any atom is 0.356 e. The largest absolute Gasteiger partial charge is 0.476 e. The first-order chi connectivity index (χ1) is 9.02. The molecule has 0 saturated heterocycles. The van der Waals surface area contributed by atoms with Gasteiger partial charge in [-0.15, -0.1) is 0 Å². The van der Waals surface area contributed by atoms with E-state index in [9.17, 15) is 9.90 Å². The van der Waals surface area contributed by atoms with Gasteiger partial charge in [-0.1, -0.05) is 24.3 Å². The number of carboxylic acids is 1. The first kappa shape index (κ1) is 13.3. The first-order valence-corrected chi connectivity index (χ1v) is 5.69. The quantitative estimate of drug-likeness (QED) is 0.757. The summed E-state index contributed by atoms with van der Waals surface area (Å²) >= 11 is 0. The van der Waals surface area contributed by atoms with Crippen molar-refractivity contribution in [3.8, 4) is 11.3 Å². The Morgan fingerprint density at radius 3 is 2.47 bits per heavy atom. The minimum Gasteiger partial charge on any atom is -0.476 e. The van der Waals surface area contributed by atoms with Crippen molar-refractivity contribution in [1.29, 1.82) is 0 Å². The van der Waals surface area contributed by atoms with Gasteiger partial charge in [0.1, 0.15) is 6.10 Å². The molecule has 0 aliphatic carbocycles. The van der Waals surface area contributed by atoms with Crippen LogP contribution in [0.15, 0.2) is 30.3 Å². The average molecular weight is 262 g/mol. The molecule has 0 spiro atoms. The normalized spacial score (nSPS) is 12.4. The Bertz CT molecular complexity index is 589. The fourth-order valence-corrected chi connectivity index (χ4v) is 1.82. The van der Waals surface area contributed by atoms with Crippen molar-refractivity contribution in [3.63, 3.8) is 0 Å². The lowest BCUT2D eigenvalue weighted by Crippen LogP contribution is -2.02. The van der Waals surface area contributed by atoms with Crippen molar-refractivity contribution in [3.05, 3.63) is 41.6 Å². The summed E-state index contributed by atoms with van der Waals surface area (Å²) in [5, 5.41) is 31.1. The molecule has 6 nitrogen and oxygen atoms in total. The van der Waals surface area contributed by atoms with Crippen LogP contribution in [0.25, 0.3) is 11.3 Å². The Balaban J connectivity index is 2.34. The van der Waals surface area contributed by atoms with E-state index in [2.05, 4.69) is 5.10 Å². The van der Waals surface area contributed by atoms with Gasteiger partial charge >= 0.3 is 5.97 Å². The molecule has 2 rings (SSSR count). The van der Waals surface area contributed by atoms with Gasteiger partial charge in [0.15, 0.2) is 5.69 Å². The molecule has 0 amide bonds. The molecule has 0 aliphatic heterocycles. The maximum absolute atomic E-state index is 10.8. The topological polar surface area (TPSA) is 95.6 Å². The Kier molecular flexibility index (Phi) is 3.64. The van der Waals surface area contributed by atoms with E-state index in [-0.39, 0.29) is 12.3 Å². The minimum atomic E-state index is -1.07. The van der Waals surface area contributed by atoms with Gasteiger partial charge in [0.2, 0.25) is 0 Å². The lowest BCUT2D eigenvalue weighted by molar-refractivity contribution is 0.0689. The summed E-state index contributed by atoms with van der Waals surface area (Å²) in [7, 11) is 1.66. The number of benzene rings is 1. The summed E-state index contributed by atoms with van der Waals surface area (Å²) in [5.74, 6) is -1.07. The molecule has 1 unspecified atom stereocenters. The smallest absolute Gasteiger partial charge is 0.356 e. The third-order valence-electron chi connectivity index (χ3n) is 2.86. The molecule has 0 saturated carbocycles. The zero-order valence-corrected chi connectivity index (χ0v) is 10.3. The molecule has 0 bridgehead atoms. The molecule has 0 aliphatic rings. The molecule has 6 heteroatoms. The number of aliphatic hydroxyl groups excluding tert-OH is 2. The summed E-state index contributed by atoms with van der Waals surface area (Å²) < 4.78 is 1.49. The molecule has 1 aromatic heterocycles. The van der Waals surface area contributed by atoms with Crippen LogP contribution in [-0.4, -0.2) is 37.7 Å². The summed E-state index contributed by atoms with van der Waals surface area (Å²) in [5.41, 5.74) is 2.04. The number of carboxylic acid groups (broad SMARTS) is 1. The lowest BCUT2D eigenvalue weighted by atomic mass is 10.1. The fraction of sp³-hybridized carbons (Fsp3) is 0.231. The highest BCUT2D eigenvalue weighted by Crippen LogP contribution is 2.22. The molecule has 3 N–H and O–H groups in total. The van der Waals surface area contributed by atoms with Crippen molar-refractivity contribution in [2.45, 2.75) is 6.10 Å². The zero-order valence-electron chi connectivity index (χ0n) is 10.3. The third-order valence-corrected chi connectivity index (χ3v) is 2.86. The highest BCUT2D eigenvalue weighted by molar-refractivity contribution is 5.87. The molecule has 1 atom stereocenters. The predicted octanol–water partition coefficient (Wildman–Crippen LogP) is 0.811. The van der Waals surface area contributed by atoms with Crippen LogP contribution in [-0.2, 0) is 7.05 Å². The number of carbonyl (C=O) groups is 1. The number of aliphatic hydroxyl groups is 2. The van der Waals surface area contributed by atoms with E-state index in [4.69, 9.17) is 10.2 Å². The second-order valence-corrected chi connectivity index (χ2v) is 4.16. The van der Waals surface area contributed by atoms with Gasteiger partial charge in [-0.2, -0.15) is 5.10 Å². The van der Waals surface area contributed by atoms with Gasteiger partial charge in [0.25, 0.3) is 0 Å². The molecular formula is C13H14N2O4. The Labute approximate surface area is 109 Å². The minimum absolute atomic E-state index is 0.0167. The van der Waals surface area contributed by atoms with Gasteiger partial charge in [-0.25, -0.2) is 4.79 Å². The van der Waals surface area contributed by atoms with Crippen LogP contribution < -0.4 is 0 Å². The van der Waals surface area contributed by atoms with Crippen molar-refractivity contribution < 1.29 is 20.1 Å². The van der Waals surface area contributed by atoms with Crippen LogP contribution in [0.5, 0.6) is 0 Å². The number of hydrogen-bond donors (Lipinski definition) is 3. The molecule has 2 aromatic rings. The van der Waals surface area contributed by atoms with Crippen LogP contribution in [0.1, 0.15) is 22.2 Å². The monoisotopic (exact) mass is 262 g/mol. The number of aryl methyl sites for hydroxylation is 1. The van der Waals surface area contributed by atoms with Crippen LogP contribution in [0.3, 0.4) is 0 Å². The molecular weight excluding hydrogens is 248 g/mol. The summed E-state index contributed by atoms with van der Waals surface area (Å²) in [4.78, 5) is 10.8. The number of hydrogen-bond acceptors (Lipinski definition) is 4. The van der Waals surface area contributed by atoms with Gasteiger partial charge in [0, 0.05) is 7.05 Å². The van der Waals surface area contributed by atoms with E-state index in [0.717, 1.165) is 5.56 Å².